The number of nitrogens with zero attached hydrogens (tertiary/aromatic N) is 1. The molecule has 0 N–H and O–H groups in total. The molecule has 4 heteroatoms. The first-order valence-corrected chi connectivity index (χ1v) is 1.82. The van der Waals surface area contributed by atoms with Gasteiger partial charge in [-0.15, -0.1) is 0 Å². The van der Waals surface area contributed by atoms with E-state index in [1.807, 2.05) is 0 Å². The highest BCUT2D eigenvalue weighted by Gasteiger charge is 1.93. The van der Waals surface area contributed by atoms with Crippen LogP contribution < -0.4 is 0 Å². The van der Waals surface area contributed by atoms with Crippen LogP contribution in [-0.4, -0.2) is 13.3 Å². The Kier molecular flexibility index (Phi) is 3.74. The van der Waals surface area contributed by atoms with Crippen molar-refractivity contribution in [3.8, 4) is 0 Å². The van der Waals surface area contributed by atoms with E-state index in [1.165, 1.54) is 0 Å². The van der Waals surface area contributed by atoms with Gasteiger partial charge in [-0.2, -0.15) is 8.78 Å². The molecular formula is C4H5F2NO. The van der Waals surface area contributed by atoms with Gasteiger partial charge in [-0.3, -0.25) is 4.99 Å². The number of hydrogen-bond acceptors (Lipinski definition) is 2. The van der Waals surface area contributed by atoms with Crippen molar-refractivity contribution in [3.05, 3.63) is 12.5 Å². The Bertz CT molecular complexity index is 92.0. The number of rotatable bonds is 3. The fraction of sp³-hybridized carbons (Fsp3) is 0.250. The first-order valence-electron chi connectivity index (χ1n) is 1.82. The van der Waals surface area contributed by atoms with Crippen LogP contribution in [0.15, 0.2) is 17.5 Å². The zero-order chi connectivity index (χ0) is 6.41. The Balaban J connectivity index is 3.15. The fourth-order valence-corrected chi connectivity index (χ4v) is 0.138. The van der Waals surface area contributed by atoms with Crippen LogP contribution in [0.5, 0.6) is 0 Å². The lowest BCUT2D eigenvalue weighted by atomic mass is 11.0. The maximum absolute atomic E-state index is 11.0. The molecule has 0 aromatic carbocycles. The first-order chi connectivity index (χ1) is 3.77. The Morgan fingerprint density at radius 3 is 2.62 bits per heavy atom. The third-order valence-corrected chi connectivity index (χ3v) is 0.348. The number of ether oxygens (including phenoxy) is 1. The standard InChI is InChI=1S/C4H5F2NO/c1-7-2-3-8-4(5)6/h2-4H,1H2/b3-2+. The molecule has 0 amide bonds. The third-order valence-electron chi connectivity index (χ3n) is 0.348. The zero-order valence-corrected chi connectivity index (χ0v) is 4.05. The number of alkyl halides is 2. The van der Waals surface area contributed by atoms with Crippen LogP contribution in [0.3, 0.4) is 0 Å². The molecule has 0 radical (unpaired) electrons. The normalized spacial score (nSPS) is 10.4. The van der Waals surface area contributed by atoms with Crippen LogP contribution in [0.1, 0.15) is 0 Å². The molecule has 0 bridgehead atoms. The van der Waals surface area contributed by atoms with Crippen molar-refractivity contribution in [1.29, 1.82) is 0 Å². The summed E-state index contributed by atoms with van der Waals surface area (Å²) >= 11 is 0. The van der Waals surface area contributed by atoms with E-state index in [1.54, 1.807) is 0 Å². The summed E-state index contributed by atoms with van der Waals surface area (Å²) in [5, 5.41) is 0. The Morgan fingerprint density at radius 2 is 2.25 bits per heavy atom. The van der Waals surface area contributed by atoms with Crippen molar-refractivity contribution in [2.75, 3.05) is 0 Å². The largest absolute Gasteiger partial charge is 0.441 e. The molecule has 46 valence electrons. The van der Waals surface area contributed by atoms with E-state index < -0.39 is 6.61 Å². The molecule has 2 nitrogen and oxygen atoms in total. The lowest BCUT2D eigenvalue weighted by Crippen LogP contribution is -1.88. The quantitative estimate of drug-likeness (QED) is 0.408. The van der Waals surface area contributed by atoms with Crippen LogP contribution in [0.25, 0.3) is 0 Å². The summed E-state index contributed by atoms with van der Waals surface area (Å²) in [5.41, 5.74) is 0. The van der Waals surface area contributed by atoms with Gasteiger partial charge in [0.05, 0.1) is 6.20 Å². The second-order valence-corrected chi connectivity index (χ2v) is 0.864. The number of aliphatic imine (C=N–C) groups is 1. The molecule has 8 heavy (non-hydrogen) atoms. The molecule has 0 aromatic rings. The van der Waals surface area contributed by atoms with Gasteiger partial charge in [0.15, 0.2) is 0 Å². The molecule has 0 spiro atoms. The van der Waals surface area contributed by atoms with E-state index >= 15 is 0 Å². The van der Waals surface area contributed by atoms with Crippen LogP contribution in [-0.2, 0) is 4.74 Å². The Hall–Kier alpha value is -0.930. The van der Waals surface area contributed by atoms with Crippen molar-refractivity contribution < 1.29 is 13.5 Å². The monoisotopic (exact) mass is 121 g/mol. The summed E-state index contributed by atoms with van der Waals surface area (Å²) in [6, 6.07) is 0. The zero-order valence-electron chi connectivity index (χ0n) is 4.05. The van der Waals surface area contributed by atoms with Gasteiger partial charge >= 0.3 is 6.61 Å². The van der Waals surface area contributed by atoms with E-state index in [4.69, 9.17) is 0 Å². The van der Waals surface area contributed by atoms with E-state index in [-0.39, 0.29) is 0 Å². The van der Waals surface area contributed by atoms with Crippen LogP contribution in [0, 0.1) is 0 Å². The van der Waals surface area contributed by atoms with E-state index in [0.717, 1.165) is 12.5 Å². The molecule has 0 aromatic heterocycles. The second-order valence-electron chi connectivity index (χ2n) is 0.864. The van der Waals surface area contributed by atoms with Crippen LogP contribution in [0.2, 0.25) is 0 Å². The van der Waals surface area contributed by atoms with Crippen LogP contribution >= 0.6 is 0 Å². The predicted octanol–water partition coefficient (Wildman–Crippen LogP) is 1.40. The molecule has 0 unspecified atom stereocenters. The topological polar surface area (TPSA) is 21.6 Å². The molecule has 0 atom stereocenters. The summed E-state index contributed by atoms with van der Waals surface area (Å²) in [6.07, 6.45) is 1.81. The van der Waals surface area contributed by atoms with Gasteiger partial charge in [0, 0.05) is 0 Å². The molecule has 0 fully saturated rings. The molecular weight excluding hydrogens is 116 g/mol. The highest BCUT2D eigenvalue weighted by molar-refractivity contribution is 5.25. The lowest BCUT2D eigenvalue weighted by molar-refractivity contribution is -0.0831. The summed E-state index contributed by atoms with van der Waals surface area (Å²) in [7, 11) is 0. The van der Waals surface area contributed by atoms with E-state index in [9.17, 15) is 8.78 Å². The summed E-state index contributed by atoms with van der Waals surface area (Å²) in [6.45, 7) is 0.225. The molecule has 0 aliphatic carbocycles. The highest BCUT2D eigenvalue weighted by atomic mass is 19.3. The minimum absolute atomic E-state index is 0.775. The van der Waals surface area contributed by atoms with Crippen molar-refractivity contribution in [3.63, 3.8) is 0 Å². The van der Waals surface area contributed by atoms with Gasteiger partial charge in [-0.1, -0.05) is 0 Å². The third kappa shape index (κ3) is 5.07. The van der Waals surface area contributed by atoms with Gasteiger partial charge < -0.3 is 4.74 Å². The van der Waals surface area contributed by atoms with Crippen molar-refractivity contribution in [1.82, 2.24) is 0 Å². The van der Waals surface area contributed by atoms with Crippen molar-refractivity contribution in [2.24, 2.45) is 4.99 Å². The molecule has 0 rings (SSSR count). The average Bonchev–Trinajstić information content (AvgIpc) is 1.66. The first kappa shape index (κ1) is 7.07. The fourth-order valence-electron chi connectivity index (χ4n) is 0.138. The Morgan fingerprint density at radius 1 is 1.62 bits per heavy atom. The maximum Gasteiger partial charge on any atom is 0.387 e. The van der Waals surface area contributed by atoms with Crippen molar-refractivity contribution in [2.45, 2.75) is 6.61 Å². The molecule has 0 aliphatic rings. The van der Waals surface area contributed by atoms with Crippen molar-refractivity contribution >= 4 is 6.72 Å². The highest BCUT2D eigenvalue weighted by Crippen LogP contribution is 1.93. The number of halogens is 2. The SMILES string of the molecule is C=N/C=C/OC(F)F. The van der Waals surface area contributed by atoms with Gasteiger partial charge in [-0.25, -0.2) is 0 Å². The maximum atomic E-state index is 11.0. The van der Waals surface area contributed by atoms with Gasteiger partial charge in [0.2, 0.25) is 0 Å². The summed E-state index contributed by atoms with van der Waals surface area (Å²) in [4.78, 5) is 3.12. The minimum Gasteiger partial charge on any atom is -0.441 e. The minimum atomic E-state index is -2.77. The smallest absolute Gasteiger partial charge is 0.387 e. The molecule has 0 saturated carbocycles. The van der Waals surface area contributed by atoms with Gasteiger partial charge in [0.1, 0.15) is 6.26 Å². The second kappa shape index (κ2) is 4.23. The molecule has 0 heterocycles. The predicted molar refractivity (Wildman–Crippen MR) is 25.8 cm³/mol. The van der Waals surface area contributed by atoms with E-state index in [2.05, 4.69) is 16.4 Å². The van der Waals surface area contributed by atoms with E-state index in [0.29, 0.717) is 0 Å². The summed E-state index contributed by atoms with van der Waals surface area (Å²) < 4.78 is 25.7. The van der Waals surface area contributed by atoms with Gasteiger partial charge in [-0.05, 0) is 6.72 Å². The van der Waals surface area contributed by atoms with Gasteiger partial charge in [0.25, 0.3) is 0 Å². The average molecular weight is 121 g/mol. The molecule has 0 aliphatic heterocycles. The molecule has 0 saturated heterocycles. The number of hydrogen-bond donors (Lipinski definition) is 0. The summed E-state index contributed by atoms with van der Waals surface area (Å²) in [5.74, 6) is 0. The lowest BCUT2D eigenvalue weighted by Gasteiger charge is -1.92. The van der Waals surface area contributed by atoms with Crippen LogP contribution in [0.4, 0.5) is 8.78 Å². The Labute approximate surface area is 45.5 Å².